The maximum atomic E-state index is 13.7. The van der Waals surface area contributed by atoms with Crippen molar-refractivity contribution in [1.82, 2.24) is 14.9 Å². The van der Waals surface area contributed by atoms with Crippen LogP contribution in [0, 0.1) is 5.82 Å². The lowest BCUT2D eigenvalue weighted by Gasteiger charge is -2.16. The van der Waals surface area contributed by atoms with Crippen molar-refractivity contribution in [2.24, 2.45) is 0 Å². The topological polar surface area (TPSA) is 69.2 Å². The highest BCUT2D eigenvalue weighted by Crippen LogP contribution is 2.17. The molecule has 1 heterocycles. The monoisotopic (exact) mass is 299 g/mol. The van der Waals surface area contributed by atoms with Gasteiger partial charge in [0, 0.05) is 13.1 Å². The molecule has 112 valence electrons. The average Bonchev–Trinajstić information content (AvgIpc) is 2.88. The highest BCUT2D eigenvalue weighted by atomic mass is 19.1. The van der Waals surface area contributed by atoms with E-state index < -0.39 is 11.7 Å². The van der Waals surface area contributed by atoms with Crippen LogP contribution in [0.3, 0.4) is 0 Å². The summed E-state index contributed by atoms with van der Waals surface area (Å²) in [6.45, 7) is 0.230. The van der Waals surface area contributed by atoms with E-state index in [-0.39, 0.29) is 17.9 Å². The van der Waals surface area contributed by atoms with Gasteiger partial charge in [-0.1, -0.05) is 12.1 Å². The van der Waals surface area contributed by atoms with Gasteiger partial charge in [-0.25, -0.2) is 9.37 Å². The van der Waals surface area contributed by atoms with E-state index in [9.17, 15) is 14.3 Å². The summed E-state index contributed by atoms with van der Waals surface area (Å²) >= 11 is 0. The number of aromatic hydroxyl groups is 1. The molecule has 1 amide bonds. The highest BCUT2D eigenvalue weighted by Gasteiger charge is 2.17. The lowest BCUT2D eigenvalue weighted by Crippen LogP contribution is -2.27. The molecule has 3 aromatic rings. The lowest BCUT2D eigenvalue weighted by atomic mass is 10.2. The van der Waals surface area contributed by atoms with Crippen molar-refractivity contribution in [3.8, 4) is 5.75 Å². The first-order valence-corrected chi connectivity index (χ1v) is 6.72. The molecular formula is C16H14FN3O2. The van der Waals surface area contributed by atoms with Gasteiger partial charge in [0.15, 0.2) is 0 Å². The summed E-state index contributed by atoms with van der Waals surface area (Å²) in [7, 11) is 1.57. The Balaban J connectivity index is 1.81. The number of carbonyl (C=O) groups excluding carboxylic acids is 1. The smallest absolute Gasteiger partial charge is 0.256 e. The molecule has 1 aromatic heterocycles. The van der Waals surface area contributed by atoms with Crippen molar-refractivity contribution in [1.29, 1.82) is 0 Å². The van der Waals surface area contributed by atoms with Crippen LogP contribution < -0.4 is 0 Å². The number of hydrogen-bond acceptors (Lipinski definition) is 3. The molecule has 0 aliphatic rings. The third-order valence-electron chi connectivity index (χ3n) is 3.36. The molecule has 22 heavy (non-hydrogen) atoms. The summed E-state index contributed by atoms with van der Waals surface area (Å²) in [5.74, 6) is -0.815. The van der Waals surface area contributed by atoms with E-state index in [4.69, 9.17) is 0 Å². The molecule has 0 spiro atoms. The Kier molecular flexibility index (Phi) is 3.50. The fraction of sp³-hybridized carbons (Fsp3) is 0.125. The van der Waals surface area contributed by atoms with Crippen molar-refractivity contribution in [2.75, 3.05) is 7.05 Å². The number of phenols is 1. The molecule has 0 aliphatic heterocycles. The summed E-state index contributed by atoms with van der Waals surface area (Å²) < 4.78 is 13.7. The zero-order valence-corrected chi connectivity index (χ0v) is 11.9. The van der Waals surface area contributed by atoms with Crippen molar-refractivity contribution in [3.05, 3.63) is 59.7 Å². The normalized spacial score (nSPS) is 10.8. The maximum absolute atomic E-state index is 13.7. The van der Waals surface area contributed by atoms with Gasteiger partial charge in [0.25, 0.3) is 5.91 Å². The number of halogens is 1. The summed E-state index contributed by atoms with van der Waals surface area (Å²) in [6, 6.07) is 11.0. The second kappa shape index (κ2) is 5.48. The Morgan fingerprint density at radius 3 is 2.82 bits per heavy atom. The first-order valence-electron chi connectivity index (χ1n) is 6.72. The quantitative estimate of drug-likeness (QED) is 0.781. The number of para-hydroxylation sites is 2. The van der Waals surface area contributed by atoms with Crippen LogP contribution >= 0.6 is 0 Å². The van der Waals surface area contributed by atoms with Gasteiger partial charge >= 0.3 is 0 Å². The first kappa shape index (κ1) is 14.1. The molecule has 0 saturated carbocycles. The number of imidazole rings is 1. The lowest BCUT2D eigenvalue weighted by molar-refractivity contribution is 0.0777. The Hall–Kier alpha value is -2.89. The van der Waals surface area contributed by atoms with E-state index in [1.54, 1.807) is 7.05 Å². The highest BCUT2D eigenvalue weighted by molar-refractivity contribution is 5.94. The number of nitrogens with zero attached hydrogens (tertiary/aromatic N) is 2. The minimum absolute atomic E-state index is 0.0867. The van der Waals surface area contributed by atoms with Crippen LogP contribution in [0.25, 0.3) is 11.0 Å². The summed E-state index contributed by atoms with van der Waals surface area (Å²) in [4.78, 5) is 21.1. The third kappa shape index (κ3) is 2.63. The number of hydrogen-bond donors (Lipinski definition) is 2. The van der Waals surface area contributed by atoms with Gasteiger partial charge < -0.3 is 15.0 Å². The van der Waals surface area contributed by atoms with Gasteiger partial charge in [0.2, 0.25) is 0 Å². The van der Waals surface area contributed by atoms with Crippen molar-refractivity contribution in [3.63, 3.8) is 0 Å². The van der Waals surface area contributed by atoms with E-state index in [0.29, 0.717) is 5.82 Å². The number of aromatic amines is 1. The minimum atomic E-state index is -0.749. The average molecular weight is 299 g/mol. The van der Waals surface area contributed by atoms with Crippen LogP contribution in [0.1, 0.15) is 16.2 Å². The van der Waals surface area contributed by atoms with Crippen molar-refractivity contribution >= 4 is 16.9 Å². The van der Waals surface area contributed by atoms with Crippen molar-refractivity contribution < 1.29 is 14.3 Å². The van der Waals surface area contributed by atoms with Gasteiger partial charge in [0.1, 0.15) is 17.4 Å². The summed E-state index contributed by atoms with van der Waals surface area (Å²) in [5.41, 5.74) is 1.61. The zero-order valence-electron chi connectivity index (χ0n) is 11.9. The maximum Gasteiger partial charge on any atom is 0.256 e. The number of aromatic nitrogens is 2. The molecular weight excluding hydrogens is 285 g/mol. The molecule has 5 nitrogen and oxygen atoms in total. The fourth-order valence-electron chi connectivity index (χ4n) is 2.26. The van der Waals surface area contributed by atoms with E-state index in [2.05, 4.69) is 9.97 Å². The molecule has 0 atom stereocenters. The van der Waals surface area contributed by atoms with Gasteiger partial charge in [-0.3, -0.25) is 4.79 Å². The SMILES string of the molecule is CN(Cc1nc2ccccc2[nH]1)C(=O)c1ccc(O)cc1F. The van der Waals surface area contributed by atoms with E-state index >= 15 is 0 Å². The standard InChI is InChI=1S/C16H14FN3O2/c1-20(16(22)11-7-6-10(21)8-12(11)17)9-15-18-13-4-2-3-5-14(13)19-15/h2-8,21H,9H2,1H3,(H,18,19). The summed E-state index contributed by atoms with van der Waals surface area (Å²) in [6.07, 6.45) is 0. The van der Waals surface area contributed by atoms with E-state index in [0.717, 1.165) is 17.1 Å². The van der Waals surface area contributed by atoms with Crippen LogP contribution in [0.2, 0.25) is 0 Å². The van der Waals surface area contributed by atoms with Gasteiger partial charge in [-0.05, 0) is 24.3 Å². The Labute approximate surface area is 126 Å². The number of carbonyl (C=O) groups is 1. The molecule has 3 rings (SSSR count). The Morgan fingerprint density at radius 1 is 1.32 bits per heavy atom. The molecule has 0 unspecified atom stereocenters. The van der Waals surface area contributed by atoms with E-state index in [1.807, 2.05) is 24.3 Å². The molecule has 0 bridgehead atoms. The number of amides is 1. The Bertz CT molecular complexity index is 811. The van der Waals surface area contributed by atoms with Crippen LogP contribution in [0.15, 0.2) is 42.5 Å². The predicted octanol–water partition coefficient (Wildman–Crippen LogP) is 2.68. The van der Waals surface area contributed by atoms with Gasteiger partial charge in [-0.2, -0.15) is 0 Å². The molecule has 0 aliphatic carbocycles. The number of H-pyrrole nitrogens is 1. The summed E-state index contributed by atoms with van der Waals surface area (Å²) in [5, 5.41) is 9.19. The van der Waals surface area contributed by atoms with Crippen LogP contribution in [-0.4, -0.2) is 32.9 Å². The number of fused-ring (bicyclic) bond motifs is 1. The molecule has 0 fully saturated rings. The molecule has 2 aromatic carbocycles. The van der Waals surface area contributed by atoms with Gasteiger partial charge in [0.05, 0.1) is 23.1 Å². The number of nitrogens with one attached hydrogen (secondary N) is 1. The zero-order chi connectivity index (χ0) is 15.7. The molecule has 6 heteroatoms. The first-order chi connectivity index (χ1) is 10.5. The second-order valence-corrected chi connectivity index (χ2v) is 5.03. The molecule has 0 radical (unpaired) electrons. The Morgan fingerprint density at radius 2 is 2.09 bits per heavy atom. The van der Waals surface area contributed by atoms with Gasteiger partial charge in [-0.15, -0.1) is 0 Å². The molecule has 2 N–H and O–H groups in total. The fourth-order valence-corrected chi connectivity index (χ4v) is 2.26. The largest absolute Gasteiger partial charge is 0.508 e. The number of benzene rings is 2. The minimum Gasteiger partial charge on any atom is -0.508 e. The van der Waals surface area contributed by atoms with Crippen molar-refractivity contribution in [2.45, 2.75) is 6.54 Å². The number of rotatable bonds is 3. The second-order valence-electron chi connectivity index (χ2n) is 5.03. The van der Waals surface area contributed by atoms with Crippen LogP contribution in [-0.2, 0) is 6.54 Å². The van der Waals surface area contributed by atoms with Crippen LogP contribution in [0.5, 0.6) is 5.75 Å². The van der Waals surface area contributed by atoms with E-state index in [1.165, 1.54) is 17.0 Å². The molecule has 0 saturated heterocycles. The number of phenolic OH excluding ortho intramolecular Hbond substituents is 1. The third-order valence-corrected chi connectivity index (χ3v) is 3.36. The predicted molar refractivity (Wildman–Crippen MR) is 80.0 cm³/mol. The van der Waals surface area contributed by atoms with Crippen LogP contribution in [0.4, 0.5) is 4.39 Å².